The normalized spacial score (nSPS) is 10.5. The predicted octanol–water partition coefficient (Wildman–Crippen LogP) is 1.74. The summed E-state index contributed by atoms with van der Waals surface area (Å²) in [6.45, 7) is 0.461. The van der Waals surface area contributed by atoms with Gasteiger partial charge in [-0.05, 0) is 17.7 Å². The summed E-state index contributed by atoms with van der Waals surface area (Å²) in [5, 5.41) is 4.16. The fourth-order valence-electron chi connectivity index (χ4n) is 1.43. The standard InChI is InChI=1S/C11H13N3O/c1-15-8-14-7-10(6-13-14)9-3-2-4-11(12)5-9/h2-7H,8,12H2,1H3. The highest BCUT2D eigenvalue weighted by Gasteiger charge is 2.01. The molecule has 0 radical (unpaired) electrons. The molecule has 4 nitrogen and oxygen atoms in total. The third-order valence-corrected chi connectivity index (χ3v) is 2.11. The Balaban J connectivity index is 2.29. The van der Waals surface area contributed by atoms with Crippen LogP contribution in [0, 0.1) is 0 Å². The van der Waals surface area contributed by atoms with E-state index in [1.165, 1.54) is 0 Å². The third kappa shape index (κ3) is 2.16. The number of aromatic nitrogens is 2. The Hall–Kier alpha value is -1.81. The molecule has 0 saturated heterocycles. The number of anilines is 1. The highest BCUT2D eigenvalue weighted by molar-refractivity contribution is 5.65. The van der Waals surface area contributed by atoms with Crippen molar-refractivity contribution >= 4 is 5.69 Å². The monoisotopic (exact) mass is 203 g/mol. The summed E-state index contributed by atoms with van der Waals surface area (Å²) in [7, 11) is 1.64. The number of nitrogens with zero attached hydrogens (tertiary/aromatic N) is 2. The molecular weight excluding hydrogens is 190 g/mol. The van der Waals surface area contributed by atoms with Crippen LogP contribution in [0.1, 0.15) is 0 Å². The van der Waals surface area contributed by atoms with E-state index in [0.717, 1.165) is 16.8 Å². The summed E-state index contributed by atoms with van der Waals surface area (Å²) in [6.07, 6.45) is 3.73. The molecule has 4 heteroatoms. The van der Waals surface area contributed by atoms with Crippen molar-refractivity contribution in [2.24, 2.45) is 0 Å². The molecule has 2 aromatic rings. The summed E-state index contributed by atoms with van der Waals surface area (Å²) >= 11 is 0. The van der Waals surface area contributed by atoms with Crippen LogP contribution in [0.3, 0.4) is 0 Å². The molecule has 0 aliphatic carbocycles. The second kappa shape index (κ2) is 4.14. The molecular formula is C11H13N3O. The second-order valence-corrected chi connectivity index (χ2v) is 3.31. The summed E-state index contributed by atoms with van der Waals surface area (Å²) in [4.78, 5) is 0. The van der Waals surface area contributed by atoms with Gasteiger partial charge in [-0.15, -0.1) is 0 Å². The minimum Gasteiger partial charge on any atom is -0.399 e. The van der Waals surface area contributed by atoms with Crippen molar-refractivity contribution < 1.29 is 4.74 Å². The van der Waals surface area contributed by atoms with E-state index >= 15 is 0 Å². The zero-order valence-corrected chi connectivity index (χ0v) is 8.55. The van der Waals surface area contributed by atoms with Crippen molar-refractivity contribution in [2.45, 2.75) is 6.73 Å². The Labute approximate surface area is 88.3 Å². The van der Waals surface area contributed by atoms with E-state index in [2.05, 4.69) is 5.10 Å². The lowest BCUT2D eigenvalue weighted by molar-refractivity contribution is 0.120. The van der Waals surface area contributed by atoms with Crippen LogP contribution < -0.4 is 5.73 Å². The Morgan fingerprint density at radius 2 is 2.27 bits per heavy atom. The van der Waals surface area contributed by atoms with Crippen LogP contribution in [0.2, 0.25) is 0 Å². The van der Waals surface area contributed by atoms with E-state index in [-0.39, 0.29) is 0 Å². The molecule has 0 atom stereocenters. The molecule has 0 amide bonds. The molecule has 1 aromatic heterocycles. The van der Waals surface area contributed by atoms with Crippen LogP contribution in [0.4, 0.5) is 5.69 Å². The first-order chi connectivity index (χ1) is 7.29. The van der Waals surface area contributed by atoms with E-state index in [0.29, 0.717) is 6.73 Å². The smallest absolute Gasteiger partial charge is 0.138 e. The molecule has 0 aliphatic heterocycles. The molecule has 2 N–H and O–H groups in total. The average Bonchev–Trinajstić information content (AvgIpc) is 2.67. The minimum atomic E-state index is 0.461. The van der Waals surface area contributed by atoms with Crippen LogP contribution >= 0.6 is 0 Å². The number of hydrogen-bond acceptors (Lipinski definition) is 3. The fraction of sp³-hybridized carbons (Fsp3) is 0.182. The van der Waals surface area contributed by atoms with Gasteiger partial charge in [0.2, 0.25) is 0 Å². The maximum Gasteiger partial charge on any atom is 0.138 e. The molecule has 0 fully saturated rings. The highest BCUT2D eigenvalue weighted by Crippen LogP contribution is 2.20. The minimum absolute atomic E-state index is 0.461. The summed E-state index contributed by atoms with van der Waals surface area (Å²) in [5.74, 6) is 0. The summed E-state index contributed by atoms with van der Waals surface area (Å²) in [5.41, 5.74) is 8.57. The van der Waals surface area contributed by atoms with Crippen LogP contribution in [0.15, 0.2) is 36.7 Å². The van der Waals surface area contributed by atoms with Gasteiger partial charge < -0.3 is 10.5 Å². The maximum absolute atomic E-state index is 5.71. The van der Waals surface area contributed by atoms with E-state index < -0.39 is 0 Å². The lowest BCUT2D eigenvalue weighted by Crippen LogP contribution is -1.98. The van der Waals surface area contributed by atoms with Gasteiger partial charge in [-0.1, -0.05) is 12.1 Å². The quantitative estimate of drug-likeness (QED) is 0.773. The maximum atomic E-state index is 5.71. The van der Waals surface area contributed by atoms with Gasteiger partial charge in [0, 0.05) is 24.6 Å². The van der Waals surface area contributed by atoms with Crippen molar-refractivity contribution in [2.75, 3.05) is 12.8 Å². The molecule has 15 heavy (non-hydrogen) atoms. The van der Waals surface area contributed by atoms with Crippen LogP contribution in [-0.4, -0.2) is 16.9 Å². The molecule has 0 saturated carbocycles. The fourth-order valence-corrected chi connectivity index (χ4v) is 1.43. The largest absolute Gasteiger partial charge is 0.399 e. The number of hydrogen-bond donors (Lipinski definition) is 1. The second-order valence-electron chi connectivity index (χ2n) is 3.31. The van der Waals surface area contributed by atoms with Crippen LogP contribution in [-0.2, 0) is 11.5 Å². The van der Waals surface area contributed by atoms with Crippen molar-refractivity contribution in [1.29, 1.82) is 0 Å². The Bertz CT molecular complexity index is 451. The van der Waals surface area contributed by atoms with E-state index in [1.54, 1.807) is 18.0 Å². The SMILES string of the molecule is COCn1cc(-c2cccc(N)c2)cn1. The lowest BCUT2D eigenvalue weighted by Gasteiger charge is -1.99. The number of methoxy groups -OCH3 is 1. The Morgan fingerprint density at radius 3 is 3.00 bits per heavy atom. The topological polar surface area (TPSA) is 53.1 Å². The van der Waals surface area contributed by atoms with Crippen molar-refractivity contribution in [3.63, 3.8) is 0 Å². The molecule has 0 aliphatic rings. The zero-order valence-electron chi connectivity index (χ0n) is 8.55. The van der Waals surface area contributed by atoms with Gasteiger partial charge in [0.05, 0.1) is 6.20 Å². The van der Waals surface area contributed by atoms with Crippen molar-refractivity contribution in [3.8, 4) is 11.1 Å². The molecule has 2 rings (SSSR count). The van der Waals surface area contributed by atoms with Gasteiger partial charge in [-0.3, -0.25) is 0 Å². The molecule has 1 aromatic carbocycles. The van der Waals surface area contributed by atoms with Gasteiger partial charge >= 0.3 is 0 Å². The van der Waals surface area contributed by atoms with Gasteiger partial charge in [0.25, 0.3) is 0 Å². The van der Waals surface area contributed by atoms with E-state index in [4.69, 9.17) is 10.5 Å². The van der Waals surface area contributed by atoms with Crippen molar-refractivity contribution in [3.05, 3.63) is 36.7 Å². The van der Waals surface area contributed by atoms with E-state index in [9.17, 15) is 0 Å². The first-order valence-corrected chi connectivity index (χ1v) is 4.67. The number of rotatable bonds is 3. The number of nitrogens with two attached hydrogens (primary N) is 1. The zero-order chi connectivity index (χ0) is 10.7. The van der Waals surface area contributed by atoms with E-state index in [1.807, 2.05) is 30.5 Å². The molecule has 0 bridgehead atoms. The first kappa shape index (κ1) is 9.73. The van der Waals surface area contributed by atoms with Gasteiger partial charge in [-0.25, -0.2) is 4.68 Å². The molecule has 0 spiro atoms. The number of ether oxygens (including phenoxy) is 1. The summed E-state index contributed by atoms with van der Waals surface area (Å²) < 4.78 is 6.71. The molecule has 1 heterocycles. The van der Waals surface area contributed by atoms with Crippen LogP contribution in [0.25, 0.3) is 11.1 Å². The Morgan fingerprint density at radius 1 is 1.40 bits per heavy atom. The highest BCUT2D eigenvalue weighted by atomic mass is 16.5. The van der Waals surface area contributed by atoms with Gasteiger partial charge in [-0.2, -0.15) is 5.10 Å². The average molecular weight is 203 g/mol. The number of benzene rings is 1. The lowest BCUT2D eigenvalue weighted by atomic mass is 10.1. The first-order valence-electron chi connectivity index (χ1n) is 4.67. The number of nitrogen functional groups attached to an aromatic ring is 1. The van der Waals surface area contributed by atoms with Gasteiger partial charge in [0.1, 0.15) is 6.73 Å². The molecule has 0 unspecified atom stereocenters. The van der Waals surface area contributed by atoms with Crippen LogP contribution in [0.5, 0.6) is 0 Å². The predicted molar refractivity (Wildman–Crippen MR) is 59.1 cm³/mol. The molecule has 78 valence electrons. The third-order valence-electron chi connectivity index (χ3n) is 2.11. The Kier molecular flexibility index (Phi) is 2.69. The van der Waals surface area contributed by atoms with Gasteiger partial charge in [0.15, 0.2) is 0 Å². The van der Waals surface area contributed by atoms with Crippen molar-refractivity contribution in [1.82, 2.24) is 9.78 Å². The summed E-state index contributed by atoms with van der Waals surface area (Å²) in [6, 6.07) is 7.72.